The van der Waals surface area contributed by atoms with Crippen LogP contribution in [0.3, 0.4) is 0 Å². The van der Waals surface area contributed by atoms with Crippen molar-refractivity contribution in [2.75, 3.05) is 13.1 Å². The molecule has 1 heterocycles. The van der Waals surface area contributed by atoms with E-state index in [1.807, 2.05) is 0 Å². The molecule has 17 heavy (non-hydrogen) atoms. The van der Waals surface area contributed by atoms with Gasteiger partial charge in [0.05, 0.1) is 6.10 Å². The highest BCUT2D eigenvalue weighted by Crippen LogP contribution is 2.24. The fraction of sp³-hybridized carbons (Fsp3) is 0.667. The number of allylic oxidation sites excluding steroid dienone is 1. The number of hydrogen-bond acceptors (Lipinski definition) is 4. The lowest BCUT2D eigenvalue weighted by atomic mass is 10.0. The first-order chi connectivity index (χ1) is 8.09. The second-order valence-electron chi connectivity index (χ2n) is 4.76. The van der Waals surface area contributed by atoms with Crippen molar-refractivity contribution in [2.45, 2.75) is 38.2 Å². The molecule has 94 valence electrons. The van der Waals surface area contributed by atoms with Crippen LogP contribution in [0.15, 0.2) is 11.3 Å². The highest BCUT2D eigenvalue weighted by Gasteiger charge is 2.27. The van der Waals surface area contributed by atoms with E-state index in [2.05, 4.69) is 0 Å². The van der Waals surface area contributed by atoms with Gasteiger partial charge in [-0.15, -0.1) is 0 Å². The molecule has 1 saturated heterocycles. The van der Waals surface area contributed by atoms with Crippen LogP contribution < -0.4 is 5.73 Å². The average Bonchev–Trinajstić information content (AvgIpc) is 2.74. The third-order valence-electron chi connectivity index (χ3n) is 3.53. The third kappa shape index (κ3) is 2.49. The predicted octanol–water partition coefficient (Wildman–Crippen LogP) is 0.386. The summed E-state index contributed by atoms with van der Waals surface area (Å²) >= 11 is 0. The van der Waals surface area contributed by atoms with E-state index in [0.29, 0.717) is 31.6 Å². The number of nitrogens with one attached hydrogen (secondary N) is 1. The van der Waals surface area contributed by atoms with Crippen molar-refractivity contribution in [1.29, 1.82) is 5.41 Å². The maximum atomic E-state index is 12.1. The Morgan fingerprint density at radius 2 is 2.00 bits per heavy atom. The summed E-state index contributed by atoms with van der Waals surface area (Å²) in [6.45, 7) is 1.07. The van der Waals surface area contributed by atoms with E-state index in [0.717, 1.165) is 24.8 Å². The summed E-state index contributed by atoms with van der Waals surface area (Å²) < 4.78 is 0. The Hall–Kier alpha value is -1.36. The van der Waals surface area contributed by atoms with Crippen LogP contribution >= 0.6 is 0 Å². The Kier molecular flexibility index (Phi) is 3.47. The zero-order valence-electron chi connectivity index (χ0n) is 9.91. The van der Waals surface area contributed by atoms with Gasteiger partial charge in [-0.05, 0) is 32.1 Å². The number of likely N-dealkylation sites (tertiary alicyclic amines) is 1. The van der Waals surface area contributed by atoms with E-state index in [1.165, 1.54) is 0 Å². The quantitative estimate of drug-likeness (QED) is 0.607. The predicted molar refractivity (Wildman–Crippen MR) is 64.6 cm³/mol. The van der Waals surface area contributed by atoms with Crippen LogP contribution in [0.5, 0.6) is 0 Å². The smallest absolute Gasteiger partial charge is 0.272 e. The molecule has 0 spiro atoms. The van der Waals surface area contributed by atoms with Crippen LogP contribution in [-0.4, -0.2) is 40.8 Å². The molecular weight excluding hydrogens is 218 g/mol. The molecule has 1 aliphatic heterocycles. The number of piperidine rings is 1. The molecule has 2 aliphatic rings. The molecule has 1 fully saturated rings. The van der Waals surface area contributed by atoms with Crippen LogP contribution in [0.4, 0.5) is 0 Å². The molecule has 5 heteroatoms. The number of amides is 1. The lowest BCUT2D eigenvalue weighted by molar-refractivity contribution is -0.126. The second-order valence-corrected chi connectivity index (χ2v) is 4.76. The van der Waals surface area contributed by atoms with Gasteiger partial charge in [0.15, 0.2) is 0 Å². The Morgan fingerprint density at radius 1 is 1.35 bits per heavy atom. The zero-order chi connectivity index (χ0) is 12.4. The summed E-state index contributed by atoms with van der Waals surface area (Å²) in [5, 5.41) is 17.3. The summed E-state index contributed by atoms with van der Waals surface area (Å²) in [4.78, 5) is 13.7. The Balaban J connectivity index is 2.00. The van der Waals surface area contributed by atoms with E-state index in [4.69, 9.17) is 11.1 Å². The maximum absolute atomic E-state index is 12.1. The van der Waals surface area contributed by atoms with Gasteiger partial charge in [-0.2, -0.15) is 0 Å². The van der Waals surface area contributed by atoms with Crippen LogP contribution in [-0.2, 0) is 4.79 Å². The highest BCUT2D eigenvalue weighted by atomic mass is 16.3. The number of nitrogens with two attached hydrogens (primary N) is 1. The van der Waals surface area contributed by atoms with E-state index >= 15 is 0 Å². The van der Waals surface area contributed by atoms with Gasteiger partial charge in [0.2, 0.25) is 0 Å². The van der Waals surface area contributed by atoms with Crippen molar-refractivity contribution in [2.24, 2.45) is 5.73 Å². The van der Waals surface area contributed by atoms with Crippen LogP contribution in [0.1, 0.15) is 32.1 Å². The molecule has 0 unspecified atom stereocenters. The van der Waals surface area contributed by atoms with Crippen molar-refractivity contribution in [3.63, 3.8) is 0 Å². The van der Waals surface area contributed by atoms with Crippen molar-refractivity contribution in [1.82, 2.24) is 4.90 Å². The fourth-order valence-electron chi connectivity index (χ4n) is 2.41. The minimum atomic E-state index is -0.302. The molecular formula is C12H19N3O2. The first kappa shape index (κ1) is 12.1. The lowest BCUT2D eigenvalue weighted by Crippen LogP contribution is -2.43. The summed E-state index contributed by atoms with van der Waals surface area (Å²) in [7, 11) is 0. The number of hydrogen-bond donors (Lipinski definition) is 3. The molecule has 2 rings (SSSR count). The number of aliphatic hydroxyl groups is 1. The number of rotatable bonds is 2. The highest BCUT2D eigenvalue weighted by molar-refractivity contribution is 6.44. The first-order valence-electron chi connectivity index (χ1n) is 6.13. The molecule has 1 amide bonds. The Labute approximate surface area is 101 Å². The van der Waals surface area contributed by atoms with Crippen molar-refractivity contribution in [3.8, 4) is 0 Å². The number of nitrogens with zero attached hydrogens (tertiary/aromatic N) is 1. The number of carbonyl (C=O) groups excluding carboxylic acids is 1. The van der Waals surface area contributed by atoms with Crippen LogP contribution in [0.25, 0.3) is 0 Å². The van der Waals surface area contributed by atoms with Crippen LogP contribution in [0.2, 0.25) is 0 Å². The molecule has 5 nitrogen and oxygen atoms in total. The van der Waals surface area contributed by atoms with Gasteiger partial charge < -0.3 is 15.7 Å². The maximum Gasteiger partial charge on any atom is 0.272 e. The van der Waals surface area contributed by atoms with Gasteiger partial charge in [0.25, 0.3) is 5.91 Å². The van der Waals surface area contributed by atoms with E-state index < -0.39 is 0 Å². The molecule has 0 bridgehead atoms. The Morgan fingerprint density at radius 3 is 2.53 bits per heavy atom. The number of carbonyl (C=O) groups is 1. The van der Waals surface area contributed by atoms with Gasteiger partial charge in [0.1, 0.15) is 5.71 Å². The van der Waals surface area contributed by atoms with E-state index in [9.17, 15) is 9.90 Å². The molecule has 4 N–H and O–H groups in total. The van der Waals surface area contributed by atoms with Gasteiger partial charge >= 0.3 is 0 Å². The minimum Gasteiger partial charge on any atom is -0.402 e. The SMILES string of the molecule is N=C(C(=O)N1CCC(O)CC1)C1=C(N)CCC1. The third-order valence-corrected chi connectivity index (χ3v) is 3.53. The summed E-state index contributed by atoms with van der Waals surface area (Å²) in [6.07, 6.45) is 3.39. The largest absolute Gasteiger partial charge is 0.402 e. The lowest BCUT2D eigenvalue weighted by Gasteiger charge is -2.29. The first-order valence-corrected chi connectivity index (χ1v) is 6.13. The average molecular weight is 237 g/mol. The summed E-state index contributed by atoms with van der Waals surface area (Å²) in [6, 6.07) is 0. The molecule has 0 atom stereocenters. The van der Waals surface area contributed by atoms with Gasteiger partial charge in [-0.3, -0.25) is 10.2 Å². The van der Waals surface area contributed by atoms with Crippen molar-refractivity contribution < 1.29 is 9.90 Å². The molecule has 0 aromatic heterocycles. The minimum absolute atomic E-state index is 0.0522. The van der Waals surface area contributed by atoms with Crippen molar-refractivity contribution in [3.05, 3.63) is 11.3 Å². The van der Waals surface area contributed by atoms with Crippen molar-refractivity contribution >= 4 is 11.6 Å². The zero-order valence-corrected chi connectivity index (χ0v) is 9.91. The Bertz CT molecular complexity index is 368. The topological polar surface area (TPSA) is 90.4 Å². The van der Waals surface area contributed by atoms with Gasteiger partial charge in [-0.25, -0.2) is 0 Å². The monoisotopic (exact) mass is 237 g/mol. The molecule has 0 aromatic rings. The molecule has 0 saturated carbocycles. The van der Waals surface area contributed by atoms with Gasteiger partial charge in [0, 0.05) is 24.4 Å². The fourth-order valence-corrected chi connectivity index (χ4v) is 2.41. The van der Waals surface area contributed by atoms with Gasteiger partial charge in [-0.1, -0.05) is 0 Å². The molecule has 0 radical (unpaired) electrons. The number of aliphatic hydroxyl groups excluding tert-OH is 1. The van der Waals surface area contributed by atoms with E-state index in [1.54, 1.807) is 4.90 Å². The molecule has 1 aliphatic carbocycles. The standard InChI is InChI=1S/C12H19N3O2/c13-10-3-1-2-9(10)11(14)12(17)15-6-4-8(16)5-7-15/h8,14,16H,1-7,13H2. The summed E-state index contributed by atoms with van der Waals surface area (Å²) in [5.41, 5.74) is 7.27. The van der Waals surface area contributed by atoms with Crippen LogP contribution in [0, 0.1) is 5.41 Å². The van der Waals surface area contributed by atoms with E-state index in [-0.39, 0.29) is 17.7 Å². The molecule has 0 aromatic carbocycles. The normalized spacial score (nSPS) is 22.1. The second kappa shape index (κ2) is 4.87. The summed E-state index contributed by atoms with van der Waals surface area (Å²) in [5.74, 6) is -0.239.